The zero-order chi connectivity index (χ0) is 13.3. The van der Waals surface area contributed by atoms with Gasteiger partial charge in [-0.1, -0.05) is 23.2 Å². The van der Waals surface area contributed by atoms with Gasteiger partial charge in [-0.2, -0.15) is 0 Å². The predicted octanol–water partition coefficient (Wildman–Crippen LogP) is 3.29. The van der Waals surface area contributed by atoms with Crippen molar-refractivity contribution >= 4 is 29.2 Å². The van der Waals surface area contributed by atoms with Crippen LogP contribution in [0, 0.1) is 5.92 Å². The molecule has 1 N–H and O–H groups in total. The molecule has 1 heterocycles. The maximum atomic E-state index is 11.0. The molecule has 5 heteroatoms. The first-order valence-electron chi connectivity index (χ1n) is 5.89. The highest BCUT2D eigenvalue weighted by Crippen LogP contribution is 2.27. The van der Waals surface area contributed by atoms with E-state index >= 15 is 0 Å². The van der Waals surface area contributed by atoms with Crippen molar-refractivity contribution in [2.24, 2.45) is 5.92 Å². The maximum Gasteiger partial charge on any atom is 0.308 e. The zero-order valence-electron chi connectivity index (χ0n) is 10.1. The van der Waals surface area contributed by atoms with Gasteiger partial charge in [0.2, 0.25) is 0 Å². The number of hydrogen-bond acceptors (Lipinski definition) is 2. The number of halogens is 2. The van der Waals surface area contributed by atoms with Gasteiger partial charge in [0.25, 0.3) is 0 Å². The molecule has 1 fully saturated rings. The Labute approximate surface area is 116 Å². The molecule has 0 saturated carbocycles. The minimum absolute atomic E-state index is 0.0419. The third kappa shape index (κ3) is 2.97. The number of nitrogens with zero attached hydrogens (tertiary/aromatic N) is 1. The number of hydrogen-bond donors (Lipinski definition) is 1. The predicted molar refractivity (Wildman–Crippen MR) is 72.1 cm³/mol. The quantitative estimate of drug-likeness (QED) is 0.927. The molecule has 0 spiro atoms. The Hall–Kier alpha value is -0.770. The number of carbonyl (C=O) groups is 1. The highest BCUT2D eigenvalue weighted by atomic mass is 35.5. The first-order valence-corrected chi connectivity index (χ1v) is 6.65. The lowest BCUT2D eigenvalue weighted by atomic mass is 10.0. The Kier molecular flexibility index (Phi) is 4.15. The number of carboxylic acid groups (broad SMARTS) is 1. The zero-order valence-corrected chi connectivity index (χ0v) is 11.6. The Morgan fingerprint density at radius 2 is 2.00 bits per heavy atom. The summed E-state index contributed by atoms with van der Waals surface area (Å²) in [5.74, 6) is -0.992. The van der Waals surface area contributed by atoms with Crippen LogP contribution in [0.4, 0.5) is 0 Å². The highest BCUT2D eigenvalue weighted by Gasteiger charge is 2.35. The molecule has 0 aliphatic carbocycles. The van der Waals surface area contributed by atoms with Crippen LogP contribution in [-0.2, 0) is 11.3 Å². The van der Waals surface area contributed by atoms with Crippen molar-refractivity contribution in [2.75, 3.05) is 6.54 Å². The molecular formula is C13H15Cl2NO2. The number of carboxylic acids is 1. The Balaban J connectivity index is 2.08. The van der Waals surface area contributed by atoms with E-state index in [4.69, 9.17) is 28.3 Å². The van der Waals surface area contributed by atoms with Crippen LogP contribution in [0.25, 0.3) is 0 Å². The van der Waals surface area contributed by atoms with E-state index in [0.717, 1.165) is 12.1 Å². The minimum atomic E-state index is -0.714. The fourth-order valence-electron chi connectivity index (χ4n) is 2.49. The first kappa shape index (κ1) is 13.7. The maximum absolute atomic E-state index is 11.0. The Morgan fingerprint density at radius 3 is 2.50 bits per heavy atom. The van der Waals surface area contributed by atoms with Crippen molar-refractivity contribution < 1.29 is 9.90 Å². The van der Waals surface area contributed by atoms with Gasteiger partial charge in [0.1, 0.15) is 0 Å². The van der Waals surface area contributed by atoms with E-state index in [-0.39, 0.29) is 12.0 Å². The Morgan fingerprint density at radius 1 is 1.39 bits per heavy atom. The van der Waals surface area contributed by atoms with Crippen molar-refractivity contribution in [3.63, 3.8) is 0 Å². The molecule has 1 saturated heterocycles. The summed E-state index contributed by atoms with van der Waals surface area (Å²) >= 11 is 11.9. The van der Waals surface area contributed by atoms with E-state index in [2.05, 4.69) is 4.90 Å². The summed E-state index contributed by atoms with van der Waals surface area (Å²) in [5.41, 5.74) is 1.02. The fourth-order valence-corrected chi connectivity index (χ4v) is 3.07. The summed E-state index contributed by atoms with van der Waals surface area (Å²) in [7, 11) is 0. The van der Waals surface area contributed by atoms with Crippen molar-refractivity contribution in [1.82, 2.24) is 4.90 Å². The average molecular weight is 288 g/mol. The summed E-state index contributed by atoms with van der Waals surface area (Å²) in [6.07, 6.45) is 0.699. The average Bonchev–Trinajstić information content (AvgIpc) is 2.59. The van der Waals surface area contributed by atoms with Gasteiger partial charge in [-0.3, -0.25) is 9.69 Å². The molecule has 2 rings (SSSR count). The fraction of sp³-hybridized carbons (Fsp3) is 0.462. The summed E-state index contributed by atoms with van der Waals surface area (Å²) in [6.45, 7) is 3.44. The molecule has 2 unspecified atom stereocenters. The van der Waals surface area contributed by atoms with Crippen LogP contribution in [0.1, 0.15) is 18.9 Å². The number of benzene rings is 1. The normalized spacial score (nSPS) is 24.4. The van der Waals surface area contributed by atoms with Gasteiger partial charge in [0, 0.05) is 22.6 Å². The number of likely N-dealkylation sites (tertiary alicyclic amines) is 1. The third-order valence-electron chi connectivity index (χ3n) is 3.51. The van der Waals surface area contributed by atoms with E-state index < -0.39 is 5.97 Å². The Bertz CT molecular complexity index is 444. The van der Waals surface area contributed by atoms with Gasteiger partial charge in [0.05, 0.1) is 5.92 Å². The van der Waals surface area contributed by atoms with Gasteiger partial charge >= 0.3 is 5.97 Å². The SMILES string of the molecule is CC1C(C(=O)O)CCN1Cc1cc(Cl)cc(Cl)c1. The molecule has 3 nitrogen and oxygen atoms in total. The van der Waals surface area contributed by atoms with Crippen LogP contribution < -0.4 is 0 Å². The molecule has 98 valence electrons. The molecule has 0 aromatic heterocycles. The van der Waals surface area contributed by atoms with E-state index in [1.54, 1.807) is 6.07 Å². The monoisotopic (exact) mass is 287 g/mol. The van der Waals surface area contributed by atoms with Crippen molar-refractivity contribution in [3.05, 3.63) is 33.8 Å². The lowest BCUT2D eigenvalue weighted by molar-refractivity contribution is -0.142. The molecule has 0 radical (unpaired) electrons. The van der Waals surface area contributed by atoms with Crippen molar-refractivity contribution in [3.8, 4) is 0 Å². The molecule has 1 aromatic rings. The smallest absolute Gasteiger partial charge is 0.308 e. The lowest BCUT2D eigenvalue weighted by Crippen LogP contribution is -2.32. The van der Waals surface area contributed by atoms with Gasteiger partial charge in [-0.05, 0) is 43.7 Å². The lowest BCUT2D eigenvalue weighted by Gasteiger charge is -2.23. The number of aliphatic carboxylic acids is 1. The molecule has 0 bridgehead atoms. The minimum Gasteiger partial charge on any atom is -0.481 e. The second-order valence-electron chi connectivity index (χ2n) is 4.72. The van der Waals surface area contributed by atoms with Crippen LogP contribution in [0.3, 0.4) is 0 Å². The molecular weight excluding hydrogens is 273 g/mol. The molecule has 18 heavy (non-hydrogen) atoms. The second-order valence-corrected chi connectivity index (χ2v) is 5.60. The molecule has 1 aliphatic rings. The molecule has 2 atom stereocenters. The van der Waals surface area contributed by atoms with E-state index in [1.807, 2.05) is 19.1 Å². The third-order valence-corrected chi connectivity index (χ3v) is 3.95. The summed E-state index contributed by atoms with van der Waals surface area (Å²) in [5, 5.41) is 10.3. The summed E-state index contributed by atoms with van der Waals surface area (Å²) < 4.78 is 0. The van der Waals surface area contributed by atoms with Crippen LogP contribution in [0.2, 0.25) is 10.0 Å². The van der Waals surface area contributed by atoms with Crippen molar-refractivity contribution in [2.45, 2.75) is 25.9 Å². The van der Waals surface area contributed by atoms with E-state index in [0.29, 0.717) is 23.0 Å². The van der Waals surface area contributed by atoms with Gasteiger partial charge in [0.15, 0.2) is 0 Å². The van der Waals surface area contributed by atoms with Crippen LogP contribution in [0.15, 0.2) is 18.2 Å². The molecule has 1 aliphatic heterocycles. The van der Waals surface area contributed by atoms with Gasteiger partial charge in [-0.15, -0.1) is 0 Å². The van der Waals surface area contributed by atoms with Crippen LogP contribution >= 0.6 is 23.2 Å². The first-order chi connectivity index (χ1) is 8.47. The summed E-state index contributed by atoms with van der Waals surface area (Å²) in [6, 6.07) is 5.48. The number of rotatable bonds is 3. The topological polar surface area (TPSA) is 40.5 Å². The second kappa shape index (κ2) is 5.47. The molecule has 0 amide bonds. The van der Waals surface area contributed by atoms with Gasteiger partial charge < -0.3 is 5.11 Å². The largest absolute Gasteiger partial charge is 0.481 e. The van der Waals surface area contributed by atoms with Gasteiger partial charge in [-0.25, -0.2) is 0 Å². The van der Waals surface area contributed by atoms with Crippen LogP contribution in [-0.4, -0.2) is 28.6 Å². The highest BCUT2D eigenvalue weighted by molar-refractivity contribution is 6.34. The molecule has 1 aromatic carbocycles. The summed E-state index contributed by atoms with van der Waals surface area (Å²) in [4.78, 5) is 13.2. The van der Waals surface area contributed by atoms with E-state index in [1.165, 1.54) is 0 Å². The van der Waals surface area contributed by atoms with Crippen molar-refractivity contribution in [1.29, 1.82) is 0 Å². The van der Waals surface area contributed by atoms with E-state index in [9.17, 15) is 4.79 Å². The van der Waals surface area contributed by atoms with Crippen LogP contribution in [0.5, 0.6) is 0 Å². The standard InChI is InChI=1S/C13H15Cl2NO2/c1-8-12(13(17)18)2-3-16(8)7-9-4-10(14)6-11(15)5-9/h4-6,8,12H,2-3,7H2,1H3,(H,17,18).